The van der Waals surface area contributed by atoms with E-state index in [1.807, 2.05) is 53.4 Å². The number of para-hydroxylation sites is 3. The maximum atomic E-state index is 12.7. The predicted molar refractivity (Wildman–Crippen MR) is 109 cm³/mol. The number of carbonyl (C=O) groups excluding carboxylic acids is 1. The Balaban J connectivity index is 1.34. The number of hydrogen-bond acceptors (Lipinski definition) is 3. The number of ether oxygens (including phenoxy) is 1. The molecule has 1 saturated heterocycles. The number of rotatable bonds is 6. The van der Waals surface area contributed by atoms with Gasteiger partial charge in [-0.15, -0.1) is 0 Å². The number of halogens is 1. The smallest absolute Gasteiger partial charge is 0.223 e. The molecule has 1 unspecified atom stereocenters. The van der Waals surface area contributed by atoms with Gasteiger partial charge in [0.05, 0.1) is 28.2 Å². The summed E-state index contributed by atoms with van der Waals surface area (Å²) in [7, 11) is 0. The molecular formula is C21H22BrN3O2. The second-order valence-electron chi connectivity index (χ2n) is 6.77. The fraction of sp³-hybridized carbons (Fsp3) is 0.333. The molecule has 0 spiro atoms. The summed E-state index contributed by atoms with van der Waals surface area (Å²) in [4.78, 5) is 22.8. The molecule has 1 aliphatic rings. The van der Waals surface area contributed by atoms with Crippen LogP contribution in [0.2, 0.25) is 0 Å². The van der Waals surface area contributed by atoms with Crippen molar-refractivity contribution in [3.8, 4) is 5.75 Å². The van der Waals surface area contributed by atoms with Crippen molar-refractivity contribution in [1.29, 1.82) is 0 Å². The minimum Gasteiger partial charge on any atom is -0.492 e. The molecule has 6 heteroatoms. The van der Waals surface area contributed by atoms with E-state index >= 15 is 0 Å². The van der Waals surface area contributed by atoms with Crippen molar-refractivity contribution in [3.05, 3.63) is 58.8 Å². The molecule has 0 radical (unpaired) electrons. The summed E-state index contributed by atoms with van der Waals surface area (Å²) in [6.07, 6.45) is 3.16. The predicted octanol–water partition coefficient (Wildman–Crippen LogP) is 4.85. The van der Waals surface area contributed by atoms with Crippen LogP contribution in [0.5, 0.6) is 5.75 Å². The van der Waals surface area contributed by atoms with E-state index in [2.05, 4.69) is 20.9 Å². The van der Waals surface area contributed by atoms with Crippen LogP contribution >= 0.6 is 15.9 Å². The lowest BCUT2D eigenvalue weighted by molar-refractivity contribution is -0.132. The van der Waals surface area contributed by atoms with Gasteiger partial charge in [0.15, 0.2) is 0 Å². The molecule has 1 amide bonds. The highest BCUT2D eigenvalue weighted by atomic mass is 79.9. The first-order valence-corrected chi connectivity index (χ1v) is 10.1. The number of H-pyrrole nitrogens is 1. The molecule has 0 bridgehead atoms. The number of likely N-dealkylation sites (tertiary alicyclic amines) is 1. The maximum absolute atomic E-state index is 12.7. The first-order chi connectivity index (χ1) is 13.2. The number of fused-ring (bicyclic) bond motifs is 1. The fourth-order valence-electron chi connectivity index (χ4n) is 3.59. The third-order valence-corrected chi connectivity index (χ3v) is 5.58. The van der Waals surface area contributed by atoms with Gasteiger partial charge >= 0.3 is 0 Å². The summed E-state index contributed by atoms with van der Waals surface area (Å²) in [5.41, 5.74) is 1.97. The van der Waals surface area contributed by atoms with Crippen LogP contribution in [0.25, 0.3) is 11.0 Å². The Morgan fingerprint density at radius 1 is 1.22 bits per heavy atom. The van der Waals surface area contributed by atoms with Crippen molar-refractivity contribution in [2.75, 3.05) is 13.2 Å². The molecule has 5 nitrogen and oxygen atoms in total. The highest BCUT2D eigenvalue weighted by molar-refractivity contribution is 9.10. The molecule has 140 valence electrons. The van der Waals surface area contributed by atoms with Crippen molar-refractivity contribution in [1.82, 2.24) is 14.9 Å². The number of carbonyl (C=O) groups is 1. The number of nitrogens with one attached hydrogen (secondary N) is 1. The van der Waals surface area contributed by atoms with Crippen molar-refractivity contribution in [2.24, 2.45) is 0 Å². The zero-order chi connectivity index (χ0) is 18.6. The topological polar surface area (TPSA) is 58.2 Å². The standard InChI is InChI=1S/C21H22BrN3O2/c22-15-7-1-4-11-19(15)27-14-6-12-20(26)25-13-5-10-18(25)21-23-16-8-2-3-9-17(16)24-21/h1-4,7-9,11,18H,5-6,10,12-14H2,(H,23,24). The number of benzene rings is 2. The van der Waals surface area contributed by atoms with E-state index < -0.39 is 0 Å². The lowest BCUT2D eigenvalue weighted by Gasteiger charge is -2.23. The lowest BCUT2D eigenvalue weighted by atomic mass is 10.2. The van der Waals surface area contributed by atoms with Crippen LogP contribution in [-0.4, -0.2) is 33.9 Å². The van der Waals surface area contributed by atoms with Crippen molar-refractivity contribution in [2.45, 2.75) is 31.7 Å². The fourth-order valence-corrected chi connectivity index (χ4v) is 3.99. The van der Waals surface area contributed by atoms with Gasteiger partial charge in [0.25, 0.3) is 0 Å². The Morgan fingerprint density at radius 2 is 2.04 bits per heavy atom. The van der Waals surface area contributed by atoms with Crippen molar-refractivity contribution >= 4 is 32.9 Å². The molecular weight excluding hydrogens is 406 g/mol. The largest absolute Gasteiger partial charge is 0.492 e. The molecule has 4 rings (SSSR count). The van der Waals surface area contributed by atoms with Crippen LogP contribution in [0.1, 0.15) is 37.5 Å². The molecule has 0 aliphatic carbocycles. The summed E-state index contributed by atoms with van der Waals surface area (Å²) >= 11 is 3.47. The Kier molecular flexibility index (Phi) is 5.43. The van der Waals surface area contributed by atoms with Crippen LogP contribution in [-0.2, 0) is 4.79 Å². The van der Waals surface area contributed by atoms with Crippen LogP contribution in [0, 0.1) is 0 Å². The van der Waals surface area contributed by atoms with E-state index in [0.29, 0.717) is 19.4 Å². The minimum absolute atomic E-state index is 0.0501. The van der Waals surface area contributed by atoms with Crippen molar-refractivity contribution in [3.63, 3.8) is 0 Å². The Hall–Kier alpha value is -2.34. The van der Waals surface area contributed by atoms with Gasteiger partial charge in [0.2, 0.25) is 5.91 Å². The third-order valence-electron chi connectivity index (χ3n) is 4.93. The molecule has 2 heterocycles. The van der Waals surface area contributed by atoms with Crippen LogP contribution < -0.4 is 4.74 Å². The summed E-state index contributed by atoms with van der Waals surface area (Å²) < 4.78 is 6.70. The van der Waals surface area contributed by atoms with Crippen molar-refractivity contribution < 1.29 is 9.53 Å². The first-order valence-electron chi connectivity index (χ1n) is 9.34. The average molecular weight is 428 g/mol. The third kappa shape index (κ3) is 4.00. The SMILES string of the molecule is O=C(CCCOc1ccccc1Br)N1CCCC1c1nc2ccccc2[nH]1. The Bertz CT molecular complexity index is 907. The summed E-state index contributed by atoms with van der Waals surface area (Å²) in [6, 6.07) is 15.8. The van der Waals surface area contributed by atoms with Gasteiger partial charge in [-0.25, -0.2) is 4.98 Å². The van der Waals surface area contributed by atoms with Gasteiger partial charge in [0, 0.05) is 13.0 Å². The van der Waals surface area contributed by atoms with Gasteiger partial charge in [-0.1, -0.05) is 24.3 Å². The number of nitrogens with zero attached hydrogens (tertiary/aromatic N) is 2. The van der Waals surface area contributed by atoms with E-state index in [9.17, 15) is 4.79 Å². The number of hydrogen-bond donors (Lipinski definition) is 1. The minimum atomic E-state index is 0.0501. The maximum Gasteiger partial charge on any atom is 0.223 e. The number of imidazole rings is 1. The van der Waals surface area contributed by atoms with E-state index in [1.54, 1.807) is 0 Å². The summed E-state index contributed by atoms with van der Waals surface area (Å²) in [5.74, 6) is 1.88. The molecule has 1 atom stereocenters. The second-order valence-corrected chi connectivity index (χ2v) is 7.62. The van der Waals surface area contributed by atoms with E-state index in [4.69, 9.17) is 9.72 Å². The molecule has 1 fully saturated rings. The number of amides is 1. The Labute approximate surface area is 166 Å². The molecule has 0 saturated carbocycles. The van der Waals surface area contributed by atoms with Crippen LogP contribution in [0.3, 0.4) is 0 Å². The highest BCUT2D eigenvalue weighted by Gasteiger charge is 2.31. The molecule has 3 aromatic rings. The van der Waals surface area contributed by atoms with Gasteiger partial charge in [-0.05, 0) is 59.5 Å². The summed E-state index contributed by atoms with van der Waals surface area (Å²) in [5, 5.41) is 0. The molecule has 1 aromatic heterocycles. The van der Waals surface area contributed by atoms with Gasteiger partial charge in [-0.2, -0.15) is 0 Å². The Morgan fingerprint density at radius 3 is 2.89 bits per heavy atom. The number of aromatic nitrogens is 2. The monoisotopic (exact) mass is 427 g/mol. The molecule has 2 aromatic carbocycles. The van der Waals surface area contributed by atoms with E-state index in [1.165, 1.54) is 0 Å². The first kappa shape index (κ1) is 18.0. The average Bonchev–Trinajstić information content (AvgIpc) is 3.32. The zero-order valence-electron chi connectivity index (χ0n) is 15.0. The second kappa shape index (κ2) is 8.13. The van der Waals surface area contributed by atoms with Gasteiger partial charge in [0.1, 0.15) is 11.6 Å². The van der Waals surface area contributed by atoms with E-state index in [0.717, 1.165) is 46.5 Å². The van der Waals surface area contributed by atoms with Gasteiger partial charge < -0.3 is 14.6 Å². The molecule has 1 N–H and O–H groups in total. The lowest BCUT2D eigenvalue weighted by Crippen LogP contribution is -2.31. The van der Waals surface area contributed by atoms with Crippen LogP contribution in [0.15, 0.2) is 53.0 Å². The number of aromatic amines is 1. The van der Waals surface area contributed by atoms with Crippen LogP contribution in [0.4, 0.5) is 0 Å². The zero-order valence-corrected chi connectivity index (χ0v) is 16.6. The normalized spacial score (nSPS) is 16.8. The van der Waals surface area contributed by atoms with Gasteiger partial charge in [-0.3, -0.25) is 4.79 Å². The molecule has 27 heavy (non-hydrogen) atoms. The molecule has 1 aliphatic heterocycles. The highest BCUT2D eigenvalue weighted by Crippen LogP contribution is 2.32. The summed E-state index contributed by atoms with van der Waals surface area (Å²) in [6.45, 7) is 1.32. The van der Waals surface area contributed by atoms with E-state index in [-0.39, 0.29) is 11.9 Å². The quantitative estimate of drug-likeness (QED) is 0.572.